The Bertz CT molecular complexity index is 454. The van der Waals surface area contributed by atoms with Gasteiger partial charge in [-0.1, -0.05) is 6.07 Å². The van der Waals surface area contributed by atoms with E-state index in [9.17, 15) is 14.3 Å². The number of rotatable bonds is 8. The fraction of sp³-hybridized carbons (Fsp3) is 0.462. The van der Waals surface area contributed by atoms with Crippen LogP contribution in [-0.2, 0) is 4.79 Å². The average Bonchev–Trinajstić information content (AvgIpc) is 2.42. The molecular weight excluding hydrogens is 269 g/mol. The Labute approximate surface area is 115 Å². The smallest absolute Gasteiger partial charge is 0.305 e. The van der Waals surface area contributed by atoms with Gasteiger partial charge < -0.3 is 25.4 Å². The molecule has 0 bridgehead atoms. The number of hydrogen-bond donors (Lipinski definition) is 4. The third-order valence-electron chi connectivity index (χ3n) is 2.81. The molecule has 20 heavy (non-hydrogen) atoms. The summed E-state index contributed by atoms with van der Waals surface area (Å²) in [6.45, 7) is -0.0620. The molecule has 1 rings (SSSR count). The van der Waals surface area contributed by atoms with Crippen LogP contribution in [0.25, 0.3) is 0 Å². The van der Waals surface area contributed by atoms with E-state index in [2.05, 4.69) is 5.32 Å². The largest absolute Gasteiger partial charge is 0.494 e. The van der Waals surface area contributed by atoms with Gasteiger partial charge in [-0.15, -0.1) is 0 Å². The van der Waals surface area contributed by atoms with Crippen LogP contribution in [0, 0.1) is 5.82 Å². The van der Waals surface area contributed by atoms with Crippen molar-refractivity contribution in [2.45, 2.75) is 18.6 Å². The molecule has 0 fully saturated rings. The van der Waals surface area contributed by atoms with E-state index in [0.717, 1.165) is 6.07 Å². The van der Waals surface area contributed by atoms with E-state index >= 15 is 0 Å². The molecule has 0 aliphatic heterocycles. The van der Waals surface area contributed by atoms with E-state index in [0.29, 0.717) is 0 Å². The topological polar surface area (TPSA) is 99.0 Å². The summed E-state index contributed by atoms with van der Waals surface area (Å²) in [5.41, 5.74) is 0.236. The van der Waals surface area contributed by atoms with Crippen molar-refractivity contribution in [2.75, 3.05) is 20.3 Å². The van der Waals surface area contributed by atoms with Gasteiger partial charge in [0.15, 0.2) is 11.6 Å². The van der Waals surface area contributed by atoms with Crippen molar-refractivity contribution >= 4 is 5.97 Å². The maximum Gasteiger partial charge on any atom is 0.305 e. The standard InChI is InChI=1S/C13H18FNO5/c1-20-11-3-2-8(6-9(11)14)13(19)10(7-12(17)18)15-4-5-16/h2-3,6,10,13,15-16,19H,4-5,7H2,1H3,(H,17,18). The van der Waals surface area contributed by atoms with Crippen LogP contribution in [-0.4, -0.2) is 47.6 Å². The van der Waals surface area contributed by atoms with Gasteiger partial charge in [0.1, 0.15) is 0 Å². The number of carboxylic acid groups (broad SMARTS) is 1. The van der Waals surface area contributed by atoms with Crippen molar-refractivity contribution in [3.05, 3.63) is 29.6 Å². The normalized spacial score (nSPS) is 13.8. The van der Waals surface area contributed by atoms with Crippen LogP contribution < -0.4 is 10.1 Å². The van der Waals surface area contributed by atoms with Crippen LogP contribution >= 0.6 is 0 Å². The van der Waals surface area contributed by atoms with Crippen molar-refractivity contribution in [3.8, 4) is 5.75 Å². The Kier molecular flexibility index (Phi) is 6.37. The quantitative estimate of drug-likeness (QED) is 0.548. The molecule has 112 valence electrons. The van der Waals surface area contributed by atoms with Crippen LogP contribution in [0.2, 0.25) is 0 Å². The minimum Gasteiger partial charge on any atom is -0.494 e. The number of hydrogen-bond acceptors (Lipinski definition) is 5. The zero-order valence-corrected chi connectivity index (χ0v) is 11.0. The molecule has 0 saturated carbocycles. The van der Waals surface area contributed by atoms with Gasteiger partial charge in [-0.05, 0) is 17.7 Å². The lowest BCUT2D eigenvalue weighted by molar-refractivity contribution is -0.138. The number of aliphatic carboxylic acids is 1. The zero-order valence-electron chi connectivity index (χ0n) is 11.0. The molecule has 0 amide bonds. The van der Waals surface area contributed by atoms with Crippen LogP contribution in [0.4, 0.5) is 4.39 Å². The van der Waals surface area contributed by atoms with Gasteiger partial charge in [0, 0.05) is 12.6 Å². The molecule has 0 heterocycles. The molecule has 2 atom stereocenters. The Balaban J connectivity index is 2.89. The number of methoxy groups -OCH3 is 1. The maximum absolute atomic E-state index is 13.6. The molecule has 0 aromatic heterocycles. The molecule has 6 nitrogen and oxygen atoms in total. The number of carbonyl (C=O) groups is 1. The van der Waals surface area contributed by atoms with Gasteiger partial charge in [0.05, 0.1) is 26.2 Å². The summed E-state index contributed by atoms with van der Waals surface area (Å²) in [5, 5.41) is 30.4. The number of carboxylic acids is 1. The van der Waals surface area contributed by atoms with E-state index in [1.807, 2.05) is 0 Å². The highest BCUT2D eigenvalue weighted by atomic mass is 19.1. The van der Waals surface area contributed by atoms with Crippen molar-refractivity contribution < 1.29 is 29.2 Å². The van der Waals surface area contributed by atoms with E-state index < -0.39 is 23.9 Å². The van der Waals surface area contributed by atoms with Gasteiger partial charge in [0.25, 0.3) is 0 Å². The van der Waals surface area contributed by atoms with Crippen LogP contribution in [0.3, 0.4) is 0 Å². The average molecular weight is 287 g/mol. The number of halogens is 1. The molecular formula is C13H18FNO5. The first-order chi connectivity index (χ1) is 9.49. The fourth-order valence-corrected chi connectivity index (χ4v) is 1.83. The number of aliphatic hydroxyl groups is 2. The van der Waals surface area contributed by atoms with Gasteiger partial charge in [-0.2, -0.15) is 0 Å². The molecule has 2 unspecified atom stereocenters. The predicted octanol–water partition coefficient (Wildman–Crippen LogP) is 0.293. The second kappa shape index (κ2) is 7.78. The van der Waals surface area contributed by atoms with E-state index in [4.69, 9.17) is 14.9 Å². The lowest BCUT2D eigenvalue weighted by Gasteiger charge is -2.23. The van der Waals surface area contributed by atoms with E-state index in [1.54, 1.807) is 0 Å². The molecule has 0 spiro atoms. The third kappa shape index (κ3) is 4.44. The highest BCUT2D eigenvalue weighted by Gasteiger charge is 2.24. The molecule has 4 N–H and O–H groups in total. The minimum atomic E-state index is -1.21. The predicted molar refractivity (Wildman–Crippen MR) is 69.0 cm³/mol. The molecule has 0 radical (unpaired) electrons. The van der Waals surface area contributed by atoms with Crippen molar-refractivity contribution in [1.82, 2.24) is 5.32 Å². The lowest BCUT2D eigenvalue weighted by atomic mass is 9.99. The molecule has 0 aliphatic rings. The summed E-state index contributed by atoms with van der Waals surface area (Å²) < 4.78 is 18.3. The molecule has 1 aromatic rings. The third-order valence-corrected chi connectivity index (χ3v) is 2.81. The first-order valence-electron chi connectivity index (χ1n) is 6.07. The second-order valence-electron chi connectivity index (χ2n) is 4.22. The summed E-state index contributed by atoms with van der Waals surface area (Å²) in [5.74, 6) is -1.70. The van der Waals surface area contributed by atoms with Crippen molar-refractivity contribution in [2.24, 2.45) is 0 Å². The lowest BCUT2D eigenvalue weighted by Crippen LogP contribution is -2.38. The molecule has 0 aliphatic carbocycles. The summed E-state index contributed by atoms with van der Waals surface area (Å²) in [6.07, 6.45) is -1.56. The maximum atomic E-state index is 13.6. The monoisotopic (exact) mass is 287 g/mol. The number of ether oxygens (including phenoxy) is 1. The first kappa shape index (κ1) is 16.4. The Morgan fingerprint density at radius 3 is 2.70 bits per heavy atom. The SMILES string of the molecule is COc1ccc(C(O)C(CC(=O)O)NCCO)cc1F. The number of aliphatic hydroxyl groups excluding tert-OH is 2. The molecule has 1 aromatic carbocycles. The van der Waals surface area contributed by atoms with Gasteiger partial charge in [-0.3, -0.25) is 4.79 Å². The summed E-state index contributed by atoms with van der Waals surface area (Å²) >= 11 is 0. The fourth-order valence-electron chi connectivity index (χ4n) is 1.83. The Morgan fingerprint density at radius 2 is 2.20 bits per heavy atom. The van der Waals surface area contributed by atoms with Crippen molar-refractivity contribution in [1.29, 1.82) is 0 Å². The Hall–Kier alpha value is -1.70. The molecule has 0 saturated heterocycles. The highest BCUT2D eigenvalue weighted by Crippen LogP contribution is 2.24. The zero-order chi connectivity index (χ0) is 15.1. The Morgan fingerprint density at radius 1 is 1.50 bits per heavy atom. The van der Waals surface area contributed by atoms with E-state index in [1.165, 1.54) is 19.2 Å². The van der Waals surface area contributed by atoms with Gasteiger partial charge >= 0.3 is 5.97 Å². The van der Waals surface area contributed by atoms with Crippen LogP contribution in [0.1, 0.15) is 18.1 Å². The number of benzene rings is 1. The van der Waals surface area contributed by atoms with E-state index in [-0.39, 0.29) is 30.9 Å². The number of nitrogens with one attached hydrogen (secondary N) is 1. The van der Waals surface area contributed by atoms with Gasteiger partial charge in [0.2, 0.25) is 0 Å². The van der Waals surface area contributed by atoms with Crippen molar-refractivity contribution in [3.63, 3.8) is 0 Å². The summed E-state index contributed by atoms with van der Waals surface area (Å²) in [4.78, 5) is 10.8. The minimum absolute atomic E-state index is 0.0408. The summed E-state index contributed by atoms with van der Waals surface area (Å²) in [6, 6.07) is 3.09. The van der Waals surface area contributed by atoms with Crippen LogP contribution in [0.15, 0.2) is 18.2 Å². The highest BCUT2D eigenvalue weighted by molar-refractivity contribution is 5.67. The first-order valence-corrected chi connectivity index (χ1v) is 6.07. The van der Waals surface area contributed by atoms with Gasteiger partial charge in [-0.25, -0.2) is 4.39 Å². The second-order valence-corrected chi connectivity index (χ2v) is 4.22. The van der Waals surface area contributed by atoms with Crippen LogP contribution in [0.5, 0.6) is 5.75 Å². The summed E-state index contributed by atoms with van der Waals surface area (Å²) in [7, 11) is 1.32. The molecule has 7 heteroatoms.